The highest BCUT2D eigenvalue weighted by molar-refractivity contribution is 5.86. The van der Waals surface area contributed by atoms with Gasteiger partial charge in [0.15, 0.2) is 6.29 Å². The molecule has 3 heteroatoms. The molecule has 82 valence electrons. The average Bonchev–Trinajstić information content (AvgIpc) is 2.72. The van der Waals surface area contributed by atoms with E-state index in [-0.39, 0.29) is 5.82 Å². The van der Waals surface area contributed by atoms with Gasteiger partial charge in [-0.3, -0.25) is 4.79 Å². The fraction of sp³-hybridized carbons (Fsp3) is 0.154. The molecule has 2 nitrogen and oxygen atoms in total. The molecular weight excluding hydrogens is 205 g/mol. The molecule has 0 atom stereocenters. The van der Waals surface area contributed by atoms with Crippen LogP contribution in [0.5, 0.6) is 0 Å². The molecule has 0 aliphatic rings. The minimum absolute atomic E-state index is 0.298. The summed E-state index contributed by atoms with van der Waals surface area (Å²) in [6, 6.07) is 8.13. The SMILES string of the molecule is CCc1cc(-c2cccc(F)c2)c(C=O)[nH]1. The number of aromatic amines is 1. The van der Waals surface area contributed by atoms with Crippen LogP contribution in [-0.2, 0) is 6.42 Å². The molecule has 0 radical (unpaired) electrons. The number of H-pyrrole nitrogens is 1. The van der Waals surface area contributed by atoms with Crippen molar-refractivity contribution in [2.45, 2.75) is 13.3 Å². The third kappa shape index (κ3) is 1.89. The van der Waals surface area contributed by atoms with E-state index in [9.17, 15) is 9.18 Å². The number of nitrogens with one attached hydrogen (secondary N) is 1. The molecule has 0 bridgehead atoms. The van der Waals surface area contributed by atoms with Gasteiger partial charge in [-0.15, -0.1) is 0 Å². The van der Waals surface area contributed by atoms with Crippen molar-refractivity contribution in [1.29, 1.82) is 0 Å². The molecule has 0 amide bonds. The lowest BCUT2D eigenvalue weighted by atomic mass is 10.1. The first-order valence-corrected chi connectivity index (χ1v) is 5.17. The van der Waals surface area contributed by atoms with Gasteiger partial charge >= 0.3 is 0 Å². The van der Waals surface area contributed by atoms with Crippen molar-refractivity contribution in [2.24, 2.45) is 0 Å². The number of hydrogen-bond acceptors (Lipinski definition) is 1. The summed E-state index contributed by atoms with van der Waals surface area (Å²) >= 11 is 0. The van der Waals surface area contributed by atoms with Gasteiger partial charge in [0.1, 0.15) is 5.82 Å². The zero-order chi connectivity index (χ0) is 11.5. The number of hydrogen-bond donors (Lipinski definition) is 1. The lowest BCUT2D eigenvalue weighted by molar-refractivity contribution is 0.112. The first-order chi connectivity index (χ1) is 7.74. The van der Waals surface area contributed by atoms with Crippen molar-refractivity contribution in [3.63, 3.8) is 0 Å². The summed E-state index contributed by atoms with van der Waals surface area (Å²) in [7, 11) is 0. The Hall–Kier alpha value is -1.90. The van der Waals surface area contributed by atoms with Gasteiger partial charge in [-0.2, -0.15) is 0 Å². The Morgan fingerprint density at radius 3 is 2.81 bits per heavy atom. The number of aldehydes is 1. The molecule has 0 saturated heterocycles. The van der Waals surface area contributed by atoms with Crippen LogP contribution < -0.4 is 0 Å². The molecule has 16 heavy (non-hydrogen) atoms. The quantitative estimate of drug-likeness (QED) is 0.787. The topological polar surface area (TPSA) is 32.9 Å². The summed E-state index contributed by atoms with van der Waals surface area (Å²) in [6.07, 6.45) is 1.58. The number of aromatic nitrogens is 1. The third-order valence-electron chi connectivity index (χ3n) is 2.54. The lowest BCUT2D eigenvalue weighted by Crippen LogP contribution is -1.85. The minimum atomic E-state index is -0.298. The van der Waals surface area contributed by atoms with E-state index in [2.05, 4.69) is 4.98 Å². The number of rotatable bonds is 3. The predicted molar refractivity (Wildman–Crippen MR) is 61.0 cm³/mol. The van der Waals surface area contributed by atoms with E-state index in [0.29, 0.717) is 5.69 Å². The van der Waals surface area contributed by atoms with Gasteiger partial charge in [0, 0.05) is 11.3 Å². The van der Waals surface area contributed by atoms with E-state index in [1.165, 1.54) is 12.1 Å². The van der Waals surface area contributed by atoms with Crippen LogP contribution in [0.2, 0.25) is 0 Å². The van der Waals surface area contributed by atoms with Crippen molar-refractivity contribution >= 4 is 6.29 Å². The largest absolute Gasteiger partial charge is 0.356 e. The molecule has 1 aromatic heterocycles. The molecule has 2 rings (SSSR count). The molecule has 1 heterocycles. The highest BCUT2D eigenvalue weighted by atomic mass is 19.1. The van der Waals surface area contributed by atoms with Crippen LogP contribution in [0.1, 0.15) is 23.1 Å². The van der Waals surface area contributed by atoms with Gasteiger partial charge < -0.3 is 4.98 Å². The molecule has 2 aromatic rings. The van der Waals surface area contributed by atoms with Crippen LogP contribution in [0.15, 0.2) is 30.3 Å². The second-order valence-corrected chi connectivity index (χ2v) is 3.60. The fourth-order valence-corrected chi connectivity index (χ4v) is 1.71. The van der Waals surface area contributed by atoms with Gasteiger partial charge in [0.25, 0.3) is 0 Å². The second kappa shape index (κ2) is 4.31. The summed E-state index contributed by atoms with van der Waals surface area (Å²) < 4.78 is 13.1. The summed E-state index contributed by atoms with van der Waals surface area (Å²) in [6.45, 7) is 2.00. The van der Waals surface area contributed by atoms with Crippen molar-refractivity contribution in [3.8, 4) is 11.1 Å². The number of benzene rings is 1. The fourth-order valence-electron chi connectivity index (χ4n) is 1.71. The Balaban J connectivity index is 2.54. The minimum Gasteiger partial charge on any atom is -0.356 e. The normalized spacial score (nSPS) is 10.4. The maximum absolute atomic E-state index is 13.1. The van der Waals surface area contributed by atoms with Gasteiger partial charge in [0.05, 0.1) is 5.69 Å². The molecule has 0 aliphatic carbocycles. The van der Waals surface area contributed by atoms with Crippen LogP contribution in [0.25, 0.3) is 11.1 Å². The van der Waals surface area contributed by atoms with E-state index < -0.39 is 0 Å². The van der Waals surface area contributed by atoms with Gasteiger partial charge in [-0.05, 0) is 30.2 Å². The highest BCUT2D eigenvalue weighted by Gasteiger charge is 2.09. The van der Waals surface area contributed by atoms with E-state index in [1.807, 2.05) is 13.0 Å². The molecule has 1 N–H and O–H groups in total. The average molecular weight is 217 g/mol. The third-order valence-corrected chi connectivity index (χ3v) is 2.54. The molecule has 1 aromatic carbocycles. The van der Waals surface area contributed by atoms with Crippen LogP contribution in [-0.4, -0.2) is 11.3 Å². The lowest BCUT2D eigenvalue weighted by Gasteiger charge is -1.98. The Kier molecular flexibility index (Phi) is 2.86. The van der Waals surface area contributed by atoms with E-state index in [4.69, 9.17) is 0 Å². The molecule has 0 saturated carbocycles. The van der Waals surface area contributed by atoms with Crippen molar-refractivity contribution in [3.05, 3.63) is 47.5 Å². The highest BCUT2D eigenvalue weighted by Crippen LogP contribution is 2.24. The second-order valence-electron chi connectivity index (χ2n) is 3.60. The van der Waals surface area contributed by atoms with Gasteiger partial charge in [0.2, 0.25) is 0 Å². The van der Waals surface area contributed by atoms with E-state index >= 15 is 0 Å². The number of carbonyl (C=O) groups excluding carboxylic acids is 1. The van der Waals surface area contributed by atoms with Gasteiger partial charge in [-0.1, -0.05) is 19.1 Å². The summed E-state index contributed by atoms with van der Waals surface area (Å²) in [4.78, 5) is 13.9. The molecule has 0 spiro atoms. The number of aryl methyl sites for hydroxylation is 1. The summed E-state index contributed by atoms with van der Waals surface area (Å²) in [5, 5.41) is 0. The van der Waals surface area contributed by atoms with E-state index in [0.717, 1.165) is 29.5 Å². The van der Waals surface area contributed by atoms with Crippen LogP contribution in [0.3, 0.4) is 0 Å². The summed E-state index contributed by atoms with van der Waals surface area (Å²) in [5.74, 6) is -0.298. The Bertz CT molecular complexity index is 516. The van der Waals surface area contributed by atoms with Crippen LogP contribution >= 0.6 is 0 Å². The van der Waals surface area contributed by atoms with Crippen molar-refractivity contribution in [1.82, 2.24) is 4.98 Å². The summed E-state index contributed by atoms with van der Waals surface area (Å²) in [5.41, 5.74) is 2.95. The zero-order valence-corrected chi connectivity index (χ0v) is 8.96. The van der Waals surface area contributed by atoms with Crippen molar-refractivity contribution in [2.75, 3.05) is 0 Å². The molecule has 0 fully saturated rings. The number of carbonyl (C=O) groups is 1. The van der Waals surface area contributed by atoms with Gasteiger partial charge in [-0.25, -0.2) is 4.39 Å². The Morgan fingerprint density at radius 1 is 1.38 bits per heavy atom. The molecular formula is C13H12FNO. The monoisotopic (exact) mass is 217 g/mol. The maximum Gasteiger partial charge on any atom is 0.166 e. The molecule has 0 aliphatic heterocycles. The Labute approximate surface area is 93.1 Å². The van der Waals surface area contributed by atoms with E-state index in [1.54, 1.807) is 12.1 Å². The standard InChI is InChI=1S/C13H12FNO/c1-2-11-7-12(13(8-16)15-11)9-4-3-5-10(14)6-9/h3-8,15H,2H2,1H3. The molecule has 0 unspecified atom stereocenters. The Morgan fingerprint density at radius 2 is 2.19 bits per heavy atom. The van der Waals surface area contributed by atoms with Crippen molar-refractivity contribution < 1.29 is 9.18 Å². The number of halogens is 1. The maximum atomic E-state index is 13.1. The zero-order valence-electron chi connectivity index (χ0n) is 8.96. The first kappa shape index (κ1) is 10.6. The smallest absolute Gasteiger partial charge is 0.166 e. The van der Waals surface area contributed by atoms with Crippen LogP contribution in [0.4, 0.5) is 4.39 Å². The first-order valence-electron chi connectivity index (χ1n) is 5.17. The predicted octanol–water partition coefficient (Wildman–Crippen LogP) is 3.20. The van der Waals surface area contributed by atoms with Crippen LogP contribution in [0, 0.1) is 5.82 Å².